The number of hydrogen-bond donors (Lipinski definition) is 3. The van der Waals surface area contributed by atoms with Crippen LogP contribution in [0.25, 0.3) is 0 Å². The number of amides is 2. The van der Waals surface area contributed by atoms with Crippen LogP contribution in [0.15, 0.2) is 41.2 Å². The number of anilines is 1. The summed E-state index contributed by atoms with van der Waals surface area (Å²) in [6.07, 6.45) is 2.26. The number of furan rings is 1. The highest BCUT2D eigenvalue weighted by molar-refractivity contribution is 6.40. The van der Waals surface area contributed by atoms with Gasteiger partial charge in [-0.2, -0.15) is 5.26 Å². The van der Waals surface area contributed by atoms with Crippen molar-refractivity contribution in [2.75, 3.05) is 11.9 Å². The highest BCUT2D eigenvalue weighted by Gasteiger charge is 2.16. The first-order chi connectivity index (χ1) is 11.5. The zero-order chi connectivity index (χ0) is 17.5. The van der Waals surface area contributed by atoms with Crippen LogP contribution in [0.3, 0.4) is 0 Å². The fraction of sp³-hybridized carbons (Fsp3) is 0.188. The van der Waals surface area contributed by atoms with Gasteiger partial charge in [0.2, 0.25) is 0 Å². The Labute approximate surface area is 142 Å². The van der Waals surface area contributed by atoms with Crippen LogP contribution >= 0.6 is 11.6 Å². The van der Waals surface area contributed by atoms with E-state index in [-0.39, 0.29) is 24.2 Å². The number of carbonyl (C=O) groups is 2. The first-order valence-corrected chi connectivity index (χ1v) is 7.38. The Morgan fingerprint density at radius 3 is 2.79 bits per heavy atom. The Morgan fingerprint density at radius 1 is 1.33 bits per heavy atom. The van der Waals surface area contributed by atoms with Crippen molar-refractivity contribution >= 4 is 29.1 Å². The predicted octanol–water partition coefficient (Wildman–Crippen LogP) is 1.98. The third-order valence-electron chi connectivity index (χ3n) is 3.19. The maximum Gasteiger partial charge on any atom is 0.313 e. The lowest BCUT2D eigenvalue weighted by molar-refractivity contribution is -0.136. The molecule has 2 rings (SSSR count). The molecule has 2 amide bonds. The maximum atomic E-state index is 11.8. The molecule has 1 aromatic heterocycles. The van der Waals surface area contributed by atoms with Gasteiger partial charge in [-0.1, -0.05) is 11.6 Å². The molecule has 0 unspecified atom stereocenters. The number of hydrogen-bond acceptors (Lipinski definition) is 5. The summed E-state index contributed by atoms with van der Waals surface area (Å²) in [5.74, 6) is -1.80. The molecule has 0 saturated carbocycles. The standard InChI is InChI=1S/C16H14ClN3O4/c17-12-2-1-10(8-18)13(7-12)20-16(23)15(22)19-5-3-14(21)11-4-6-24-9-11/h1-2,4,6-7,9,14,21H,3,5H2,(H,19,22)(H,20,23)/t14-/m1/s1. The normalized spacial score (nSPS) is 11.4. The lowest BCUT2D eigenvalue weighted by atomic mass is 10.1. The number of benzene rings is 1. The molecule has 1 aromatic carbocycles. The number of carbonyl (C=O) groups excluding carboxylic acids is 2. The topological polar surface area (TPSA) is 115 Å². The minimum atomic E-state index is -0.924. The molecule has 24 heavy (non-hydrogen) atoms. The molecular formula is C16H14ClN3O4. The van der Waals surface area contributed by atoms with Crippen LogP contribution in [-0.2, 0) is 9.59 Å². The molecule has 0 bridgehead atoms. The van der Waals surface area contributed by atoms with Crippen molar-refractivity contribution in [1.29, 1.82) is 5.26 Å². The lowest BCUT2D eigenvalue weighted by Gasteiger charge is -2.10. The van der Waals surface area contributed by atoms with Crippen LogP contribution in [0, 0.1) is 11.3 Å². The SMILES string of the molecule is N#Cc1ccc(Cl)cc1NC(=O)C(=O)NCC[C@@H](O)c1ccoc1. The van der Waals surface area contributed by atoms with Crippen LogP contribution in [0.4, 0.5) is 5.69 Å². The largest absolute Gasteiger partial charge is 0.472 e. The summed E-state index contributed by atoms with van der Waals surface area (Å²) < 4.78 is 4.85. The molecule has 0 aliphatic heterocycles. The van der Waals surface area contributed by atoms with Crippen molar-refractivity contribution in [3.8, 4) is 6.07 Å². The second-order valence-corrected chi connectivity index (χ2v) is 5.31. The molecule has 124 valence electrons. The van der Waals surface area contributed by atoms with E-state index < -0.39 is 17.9 Å². The van der Waals surface area contributed by atoms with Crippen molar-refractivity contribution in [3.63, 3.8) is 0 Å². The molecule has 0 spiro atoms. The van der Waals surface area contributed by atoms with Crippen LogP contribution in [0.5, 0.6) is 0 Å². The summed E-state index contributed by atoms with van der Waals surface area (Å²) in [5.41, 5.74) is 0.936. The van der Waals surface area contributed by atoms with Crippen LogP contribution < -0.4 is 10.6 Å². The Balaban J connectivity index is 1.86. The van der Waals surface area contributed by atoms with E-state index in [4.69, 9.17) is 21.3 Å². The van der Waals surface area contributed by atoms with Gasteiger partial charge in [0.15, 0.2) is 0 Å². The Morgan fingerprint density at radius 2 is 2.12 bits per heavy atom. The van der Waals surface area contributed by atoms with Crippen LogP contribution in [0.1, 0.15) is 23.7 Å². The summed E-state index contributed by atoms with van der Waals surface area (Å²) in [7, 11) is 0. The zero-order valence-electron chi connectivity index (χ0n) is 12.5. The van der Waals surface area contributed by atoms with E-state index in [2.05, 4.69) is 10.6 Å². The number of aliphatic hydroxyl groups is 1. The quantitative estimate of drug-likeness (QED) is 0.715. The van der Waals surface area contributed by atoms with Gasteiger partial charge in [-0.3, -0.25) is 9.59 Å². The fourth-order valence-corrected chi connectivity index (χ4v) is 2.10. The lowest BCUT2D eigenvalue weighted by Crippen LogP contribution is -2.36. The number of nitrogens with zero attached hydrogens (tertiary/aromatic N) is 1. The first-order valence-electron chi connectivity index (χ1n) is 7.00. The third kappa shape index (κ3) is 4.59. The highest BCUT2D eigenvalue weighted by Crippen LogP contribution is 2.20. The van der Waals surface area contributed by atoms with Gasteiger partial charge >= 0.3 is 11.8 Å². The minimum Gasteiger partial charge on any atom is -0.472 e. The van der Waals surface area contributed by atoms with E-state index in [1.54, 1.807) is 6.07 Å². The van der Waals surface area contributed by atoms with E-state index in [9.17, 15) is 14.7 Å². The fourth-order valence-electron chi connectivity index (χ4n) is 1.93. The predicted molar refractivity (Wildman–Crippen MR) is 86.1 cm³/mol. The van der Waals surface area contributed by atoms with Gasteiger partial charge < -0.3 is 20.2 Å². The Bertz CT molecular complexity index is 768. The molecule has 0 fully saturated rings. The molecule has 0 aliphatic carbocycles. The molecule has 0 aliphatic rings. The number of aliphatic hydroxyl groups excluding tert-OH is 1. The summed E-state index contributed by atoms with van der Waals surface area (Å²) in [6.45, 7) is 0.0965. The number of nitrogens with one attached hydrogen (secondary N) is 2. The molecule has 1 atom stereocenters. The first kappa shape index (κ1) is 17.5. The van der Waals surface area contributed by atoms with Crippen LogP contribution in [0.2, 0.25) is 5.02 Å². The van der Waals surface area contributed by atoms with E-state index >= 15 is 0 Å². The van der Waals surface area contributed by atoms with Crippen molar-refractivity contribution < 1.29 is 19.1 Å². The third-order valence-corrected chi connectivity index (χ3v) is 3.42. The van der Waals surface area contributed by atoms with Gasteiger partial charge in [-0.05, 0) is 30.7 Å². The van der Waals surface area contributed by atoms with Gasteiger partial charge in [0.1, 0.15) is 6.07 Å². The highest BCUT2D eigenvalue weighted by atomic mass is 35.5. The smallest absolute Gasteiger partial charge is 0.313 e. The van der Waals surface area contributed by atoms with Gasteiger partial charge in [0.25, 0.3) is 0 Å². The average Bonchev–Trinajstić information content (AvgIpc) is 3.09. The summed E-state index contributed by atoms with van der Waals surface area (Å²) in [5, 5.41) is 23.9. The van der Waals surface area contributed by atoms with Crippen LogP contribution in [-0.4, -0.2) is 23.5 Å². The molecule has 0 saturated heterocycles. The number of nitriles is 1. The van der Waals surface area contributed by atoms with Crippen molar-refractivity contribution in [3.05, 3.63) is 52.9 Å². The summed E-state index contributed by atoms with van der Waals surface area (Å²) >= 11 is 5.81. The monoisotopic (exact) mass is 347 g/mol. The molecular weight excluding hydrogens is 334 g/mol. The maximum absolute atomic E-state index is 11.8. The van der Waals surface area contributed by atoms with E-state index in [0.29, 0.717) is 10.6 Å². The summed E-state index contributed by atoms with van der Waals surface area (Å²) in [4.78, 5) is 23.6. The van der Waals surface area contributed by atoms with Gasteiger partial charge in [-0.15, -0.1) is 0 Å². The van der Waals surface area contributed by atoms with Crippen molar-refractivity contribution in [2.24, 2.45) is 0 Å². The van der Waals surface area contributed by atoms with E-state index in [0.717, 1.165) is 0 Å². The zero-order valence-corrected chi connectivity index (χ0v) is 13.2. The molecule has 7 nitrogen and oxygen atoms in total. The molecule has 2 aromatic rings. The molecule has 8 heteroatoms. The number of halogens is 1. The minimum absolute atomic E-state index is 0.0965. The van der Waals surface area contributed by atoms with Gasteiger partial charge in [0.05, 0.1) is 29.9 Å². The van der Waals surface area contributed by atoms with E-state index in [1.165, 1.54) is 30.7 Å². The molecule has 3 N–H and O–H groups in total. The van der Waals surface area contributed by atoms with Crippen molar-refractivity contribution in [2.45, 2.75) is 12.5 Å². The van der Waals surface area contributed by atoms with E-state index in [1.807, 2.05) is 6.07 Å². The Hall–Kier alpha value is -2.82. The second-order valence-electron chi connectivity index (χ2n) is 4.87. The van der Waals surface area contributed by atoms with Gasteiger partial charge in [0, 0.05) is 17.1 Å². The number of rotatable bonds is 5. The van der Waals surface area contributed by atoms with Gasteiger partial charge in [-0.25, -0.2) is 0 Å². The second kappa shape index (κ2) is 8.15. The Kier molecular flexibility index (Phi) is 5.95. The van der Waals surface area contributed by atoms with Crippen molar-refractivity contribution in [1.82, 2.24) is 5.32 Å². The molecule has 0 radical (unpaired) electrons. The average molecular weight is 348 g/mol. The molecule has 1 heterocycles. The summed E-state index contributed by atoms with van der Waals surface area (Å²) in [6, 6.07) is 7.84.